The maximum absolute atomic E-state index is 12.3. The number of carbonyl (C=O) groups excluding carboxylic acids is 2. The van der Waals surface area contributed by atoms with Gasteiger partial charge in [-0.25, -0.2) is 13.2 Å². The van der Waals surface area contributed by atoms with Crippen molar-refractivity contribution in [2.75, 3.05) is 33.9 Å². The Labute approximate surface area is 167 Å². The van der Waals surface area contributed by atoms with Crippen molar-refractivity contribution in [3.63, 3.8) is 0 Å². The molecule has 0 aromatic heterocycles. The summed E-state index contributed by atoms with van der Waals surface area (Å²) in [7, 11) is -1.49. The number of sulfonamides is 1. The number of rotatable bonds is 9. The van der Waals surface area contributed by atoms with Gasteiger partial charge in [-0.15, -0.1) is 0 Å². The minimum atomic E-state index is -3.93. The zero-order chi connectivity index (χ0) is 20.8. The van der Waals surface area contributed by atoms with Gasteiger partial charge in [-0.05, 0) is 48.0 Å². The van der Waals surface area contributed by atoms with Crippen LogP contribution in [0.4, 0.5) is 0 Å². The van der Waals surface area contributed by atoms with Gasteiger partial charge in [-0.3, -0.25) is 9.63 Å². The summed E-state index contributed by atoms with van der Waals surface area (Å²) in [5.74, 6) is -1.19. The second-order valence-electron chi connectivity index (χ2n) is 5.68. The van der Waals surface area contributed by atoms with Crippen LogP contribution in [0, 0.1) is 0 Å². The lowest BCUT2D eigenvalue weighted by Gasteiger charge is -2.20. The molecule has 1 rings (SSSR count). The van der Waals surface area contributed by atoms with Gasteiger partial charge >= 0.3 is 5.97 Å². The van der Waals surface area contributed by atoms with Crippen molar-refractivity contribution in [3.05, 3.63) is 40.4 Å². The van der Waals surface area contributed by atoms with Crippen LogP contribution in [-0.4, -0.2) is 63.5 Å². The van der Waals surface area contributed by atoms with Gasteiger partial charge in [0.1, 0.15) is 0 Å². The largest absolute Gasteiger partial charge is 0.452 e. The summed E-state index contributed by atoms with van der Waals surface area (Å²) in [4.78, 5) is 30.6. The fourth-order valence-corrected chi connectivity index (χ4v) is 3.47. The molecule has 150 valence electrons. The zero-order valence-electron chi connectivity index (χ0n) is 15.7. The van der Waals surface area contributed by atoms with Crippen molar-refractivity contribution in [3.8, 4) is 0 Å². The van der Waals surface area contributed by atoms with Crippen LogP contribution in [0.1, 0.15) is 24.2 Å². The van der Waals surface area contributed by atoms with Gasteiger partial charge in [0.2, 0.25) is 0 Å². The first-order valence-corrected chi connectivity index (χ1v) is 10.2. The maximum atomic E-state index is 12.3. The third-order valence-corrected chi connectivity index (χ3v) is 5.94. The summed E-state index contributed by atoms with van der Waals surface area (Å²) >= 11 is 3.19. The zero-order valence-corrected chi connectivity index (χ0v) is 18.1. The molecule has 0 unspecified atom stereocenters. The van der Waals surface area contributed by atoms with Crippen molar-refractivity contribution in [1.29, 1.82) is 0 Å². The average Bonchev–Trinajstić information content (AvgIpc) is 2.62. The normalized spacial score (nSPS) is 11.3. The molecule has 0 N–H and O–H groups in total. The molecule has 0 radical (unpaired) electrons. The van der Waals surface area contributed by atoms with Gasteiger partial charge < -0.3 is 9.64 Å². The molecule has 1 aromatic carbocycles. The number of ether oxygens (including phenoxy) is 1. The molecule has 0 spiro atoms. The van der Waals surface area contributed by atoms with Crippen LogP contribution >= 0.6 is 15.9 Å². The molecule has 0 atom stereocenters. The highest BCUT2D eigenvalue weighted by molar-refractivity contribution is 9.10. The second kappa shape index (κ2) is 9.98. The highest BCUT2D eigenvalue weighted by atomic mass is 79.9. The molecule has 0 fully saturated rings. The van der Waals surface area contributed by atoms with Crippen LogP contribution in [0.15, 0.2) is 39.7 Å². The number of hydroxylamine groups is 1. The number of benzene rings is 1. The quantitative estimate of drug-likeness (QED) is 0.317. The number of hydrogen-bond donors (Lipinski definition) is 0. The molecular weight excluding hydrogens is 440 g/mol. The first-order valence-electron chi connectivity index (χ1n) is 7.96. The number of amides is 1. The van der Waals surface area contributed by atoms with Crippen LogP contribution in [0.2, 0.25) is 0 Å². The Hall–Kier alpha value is -1.75. The lowest BCUT2D eigenvalue weighted by atomic mass is 10.2. The predicted octanol–water partition coefficient (Wildman–Crippen LogP) is 2.21. The molecule has 10 heteroatoms. The molecule has 0 saturated carbocycles. The molecule has 1 aromatic rings. The minimum Gasteiger partial charge on any atom is -0.452 e. The summed E-state index contributed by atoms with van der Waals surface area (Å²) in [6, 6.07) is 3.89. The van der Waals surface area contributed by atoms with E-state index in [0.29, 0.717) is 22.0 Å². The Morgan fingerprint density at radius 1 is 1.30 bits per heavy atom. The Bertz CT molecular complexity index is 825. The Balaban J connectivity index is 2.97. The second-order valence-corrected chi connectivity index (χ2v) is 8.47. The van der Waals surface area contributed by atoms with Crippen molar-refractivity contribution < 1.29 is 27.6 Å². The number of likely N-dealkylation sites (N-methyl/N-ethyl adjacent to an activating group) is 1. The van der Waals surface area contributed by atoms with Crippen LogP contribution < -0.4 is 0 Å². The molecule has 0 bridgehead atoms. The standard InChI is InChI=1S/C17H23BrN2O6S/c1-6-20(10-12(2)3)16(21)11-26-17(22)14-9-13(7-8-15(14)18)27(23,24)19(4)25-5/h7-9H,2,6,10-11H2,1,3-5H3. The molecular formula is C17H23BrN2O6S. The Morgan fingerprint density at radius 3 is 2.44 bits per heavy atom. The maximum Gasteiger partial charge on any atom is 0.339 e. The van der Waals surface area contributed by atoms with Crippen LogP contribution in [-0.2, 0) is 24.4 Å². The number of hydrogen-bond acceptors (Lipinski definition) is 6. The molecule has 0 aliphatic carbocycles. The van der Waals surface area contributed by atoms with Gasteiger partial charge in [0.15, 0.2) is 6.61 Å². The Kier molecular flexibility index (Phi) is 8.60. The lowest BCUT2D eigenvalue weighted by Crippen LogP contribution is -2.35. The predicted molar refractivity (Wildman–Crippen MR) is 103 cm³/mol. The first-order chi connectivity index (χ1) is 12.5. The average molecular weight is 463 g/mol. The summed E-state index contributed by atoms with van der Waals surface area (Å²) in [5.41, 5.74) is 0.788. The Morgan fingerprint density at radius 2 is 1.93 bits per heavy atom. The molecule has 27 heavy (non-hydrogen) atoms. The van der Waals surface area contributed by atoms with E-state index in [2.05, 4.69) is 22.5 Å². The molecule has 1 amide bonds. The van der Waals surface area contributed by atoms with Crippen LogP contribution in [0.3, 0.4) is 0 Å². The van der Waals surface area contributed by atoms with E-state index in [1.807, 2.05) is 0 Å². The highest BCUT2D eigenvalue weighted by Gasteiger charge is 2.24. The number of halogens is 1. The minimum absolute atomic E-state index is 0.0173. The van der Waals surface area contributed by atoms with E-state index in [4.69, 9.17) is 9.57 Å². The van der Waals surface area contributed by atoms with E-state index in [-0.39, 0.29) is 16.4 Å². The molecule has 0 aliphatic rings. The monoisotopic (exact) mass is 462 g/mol. The van der Waals surface area contributed by atoms with Crippen molar-refractivity contribution in [2.45, 2.75) is 18.7 Å². The van der Waals surface area contributed by atoms with Crippen LogP contribution in [0.25, 0.3) is 0 Å². The molecule has 8 nitrogen and oxygen atoms in total. The summed E-state index contributed by atoms with van der Waals surface area (Å²) in [5, 5.41) is 0. The lowest BCUT2D eigenvalue weighted by molar-refractivity contribution is -0.133. The van der Waals surface area contributed by atoms with E-state index in [0.717, 1.165) is 11.6 Å². The summed E-state index contributed by atoms with van der Waals surface area (Å²) in [6.07, 6.45) is 0. The fourth-order valence-electron chi connectivity index (χ4n) is 2.07. The number of esters is 1. The van der Waals surface area contributed by atoms with E-state index < -0.39 is 22.6 Å². The number of nitrogens with zero attached hydrogens (tertiary/aromatic N) is 2. The SMILES string of the molecule is C=C(C)CN(CC)C(=O)COC(=O)c1cc(S(=O)(=O)N(C)OC)ccc1Br. The molecule has 0 saturated heterocycles. The van der Waals surface area contributed by atoms with Crippen molar-refractivity contribution in [2.24, 2.45) is 0 Å². The van der Waals surface area contributed by atoms with E-state index in [1.54, 1.807) is 13.8 Å². The summed E-state index contributed by atoms with van der Waals surface area (Å²) in [6.45, 7) is 7.71. The summed E-state index contributed by atoms with van der Waals surface area (Å²) < 4.78 is 30.7. The topological polar surface area (TPSA) is 93.2 Å². The third kappa shape index (κ3) is 6.13. The first kappa shape index (κ1) is 23.3. The fraction of sp³-hybridized carbons (Fsp3) is 0.412. The number of carbonyl (C=O) groups is 2. The van der Waals surface area contributed by atoms with Gasteiger partial charge in [0, 0.05) is 24.6 Å². The van der Waals surface area contributed by atoms with Gasteiger partial charge in [-0.2, -0.15) is 0 Å². The molecule has 0 aliphatic heterocycles. The van der Waals surface area contributed by atoms with Gasteiger partial charge in [0.05, 0.1) is 17.6 Å². The molecule has 0 heterocycles. The van der Waals surface area contributed by atoms with E-state index >= 15 is 0 Å². The van der Waals surface area contributed by atoms with Crippen LogP contribution in [0.5, 0.6) is 0 Å². The van der Waals surface area contributed by atoms with Crippen molar-refractivity contribution in [1.82, 2.24) is 9.37 Å². The van der Waals surface area contributed by atoms with Gasteiger partial charge in [0.25, 0.3) is 15.9 Å². The van der Waals surface area contributed by atoms with Crippen molar-refractivity contribution >= 4 is 37.8 Å². The third-order valence-electron chi connectivity index (χ3n) is 3.57. The smallest absolute Gasteiger partial charge is 0.339 e. The van der Waals surface area contributed by atoms with E-state index in [1.165, 1.54) is 31.2 Å². The van der Waals surface area contributed by atoms with Gasteiger partial charge in [-0.1, -0.05) is 16.6 Å². The van der Waals surface area contributed by atoms with E-state index in [9.17, 15) is 18.0 Å². The highest BCUT2D eigenvalue weighted by Crippen LogP contribution is 2.23.